The molecular weight excluding hydrogens is 411 g/mol. The Bertz CT molecular complexity index is 336. The van der Waals surface area contributed by atoms with Crippen molar-refractivity contribution in [2.45, 2.75) is 0 Å². The molecule has 0 unspecified atom stereocenters. The van der Waals surface area contributed by atoms with Crippen LogP contribution >= 0.6 is 8.25 Å². The zero-order valence-electron chi connectivity index (χ0n) is 5.88. The van der Waals surface area contributed by atoms with E-state index < -0.39 is 23.3 Å². The Kier molecular flexibility index (Phi) is 2.73. The van der Waals surface area contributed by atoms with Gasteiger partial charge >= 0.3 is 88.0 Å². The number of hydrogen-bond acceptors (Lipinski definition) is 0. The first-order valence-corrected chi connectivity index (χ1v) is 14.7. The predicted molar refractivity (Wildman–Crippen MR) is 46.4 cm³/mol. The second-order valence-electron chi connectivity index (χ2n) is 2.38. The molecule has 0 amide bonds. The van der Waals surface area contributed by atoms with Gasteiger partial charge in [0, 0.05) is 0 Å². The summed E-state index contributed by atoms with van der Waals surface area (Å²) in [4.78, 5) is 0. The molecule has 0 N–H and O–H groups in total. The third kappa shape index (κ3) is 1.72. The predicted octanol–water partition coefficient (Wildman–Crippen LogP) is 1.76. The van der Waals surface area contributed by atoms with E-state index in [1.807, 2.05) is 0 Å². The molecule has 0 saturated carbocycles. The van der Waals surface area contributed by atoms with E-state index in [4.69, 9.17) is 8.25 Å². The van der Waals surface area contributed by atoms with Crippen molar-refractivity contribution in [1.82, 2.24) is 0 Å². The Morgan fingerprint density at radius 2 is 2.09 bits per heavy atom. The molecule has 0 radical (unpaired) electrons. The average Bonchev–Trinajstić information content (AvgIpc) is 2.46. The van der Waals surface area contributed by atoms with E-state index in [1.54, 1.807) is 1.95 Å². The van der Waals surface area contributed by atoms with Crippen molar-refractivity contribution in [2.24, 2.45) is 0 Å². The number of hydrogen-bond donors (Lipinski definition) is 0. The molecule has 0 aliphatic carbocycles. The second kappa shape index (κ2) is 3.61. The van der Waals surface area contributed by atoms with E-state index in [0.29, 0.717) is 14.5 Å². The minimum absolute atomic E-state index is 0.597. The molecule has 2 aromatic rings. The molecule has 0 aliphatic heterocycles. The zero-order chi connectivity index (χ0) is 7.68. The molecular formula is C8H5ClHgSe. The van der Waals surface area contributed by atoms with E-state index in [-0.39, 0.29) is 0 Å². The average molecular weight is 416 g/mol. The molecule has 1 aromatic carbocycles. The van der Waals surface area contributed by atoms with Gasteiger partial charge in [0.15, 0.2) is 0 Å². The Balaban J connectivity index is 2.69. The zero-order valence-corrected chi connectivity index (χ0v) is 13.8. The number of benzene rings is 1. The van der Waals surface area contributed by atoms with Crippen molar-refractivity contribution in [3.8, 4) is 0 Å². The van der Waals surface area contributed by atoms with Gasteiger partial charge in [0.1, 0.15) is 0 Å². The molecule has 0 spiro atoms. The van der Waals surface area contributed by atoms with Crippen molar-refractivity contribution in [3.63, 3.8) is 0 Å². The first kappa shape index (κ1) is 8.31. The van der Waals surface area contributed by atoms with Crippen LogP contribution in [0.25, 0.3) is 9.65 Å². The fourth-order valence-electron chi connectivity index (χ4n) is 1.10. The molecule has 0 nitrogen and oxygen atoms in total. The van der Waals surface area contributed by atoms with Gasteiger partial charge in [-0.15, -0.1) is 0 Å². The van der Waals surface area contributed by atoms with Crippen LogP contribution in [0, 0.1) is 0 Å². The molecule has 52 valence electrons. The molecule has 0 fully saturated rings. The van der Waals surface area contributed by atoms with Crippen LogP contribution < -0.4 is 1.95 Å². The van der Waals surface area contributed by atoms with Crippen LogP contribution in [0.1, 0.15) is 0 Å². The summed E-state index contributed by atoms with van der Waals surface area (Å²) < 4.78 is 3.14. The third-order valence-corrected chi connectivity index (χ3v) is 16.7. The van der Waals surface area contributed by atoms with Crippen molar-refractivity contribution in [1.29, 1.82) is 0 Å². The Hall–Kier alpha value is 0.705. The van der Waals surface area contributed by atoms with Crippen LogP contribution in [0.3, 0.4) is 0 Å². The minimum atomic E-state index is -1.07. The Morgan fingerprint density at radius 1 is 1.27 bits per heavy atom. The summed E-state index contributed by atoms with van der Waals surface area (Å²) in [6, 6.07) is 10.9. The van der Waals surface area contributed by atoms with Crippen LogP contribution in [-0.2, 0) is 23.3 Å². The van der Waals surface area contributed by atoms with Crippen molar-refractivity contribution in [2.75, 3.05) is 0 Å². The molecule has 0 saturated heterocycles. The summed E-state index contributed by atoms with van der Waals surface area (Å²) in [7, 11) is 5.97. The standard InChI is InChI=1S/C8H5Se.ClH.Hg/c1-2-4-8-7(3-1)5-6-9-8;;/h1-5H;1H;/q;;+1/p-1. The first-order chi connectivity index (χ1) is 5.40. The third-order valence-electron chi connectivity index (χ3n) is 1.61. The SMILES string of the molecule is [Cl][Hg][c]1cc2ccccc2[se]1. The summed E-state index contributed by atoms with van der Waals surface area (Å²) in [6.07, 6.45) is 0. The summed E-state index contributed by atoms with van der Waals surface area (Å²) in [5.74, 6) is 0. The van der Waals surface area contributed by atoms with Gasteiger partial charge in [0.2, 0.25) is 0 Å². The van der Waals surface area contributed by atoms with Gasteiger partial charge in [0.25, 0.3) is 0 Å². The van der Waals surface area contributed by atoms with Gasteiger partial charge in [-0.2, -0.15) is 0 Å². The van der Waals surface area contributed by atoms with Gasteiger partial charge < -0.3 is 0 Å². The van der Waals surface area contributed by atoms with Crippen molar-refractivity contribution >= 4 is 34.3 Å². The number of fused-ring (bicyclic) bond motifs is 1. The molecule has 3 heteroatoms. The van der Waals surface area contributed by atoms with E-state index >= 15 is 0 Å². The molecule has 11 heavy (non-hydrogen) atoms. The summed E-state index contributed by atoms with van der Waals surface area (Å²) in [6.45, 7) is 0. The van der Waals surface area contributed by atoms with Crippen molar-refractivity contribution < 1.29 is 23.3 Å². The monoisotopic (exact) mass is 418 g/mol. The molecule has 2 rings (SSSR count). The van der Waals surface area contributed by atoms with Crippen molar-refractivity contribution in [3.05, 3.63) is 30.3 Å². The van der Waals surface area contributed by atoms with E-state index in [1.165, 1.54) is 9.65 Å². The van der Waals surface area contributed by atoms with E-state index in [0.717, 1.165) is 0 Å². The number of halogens is 1. The summed E-state index contributed by atoms with van der Waals surface area (Å²) in [5.41, 5.74) is 0. The first-order valence-electron chi connectivity index (χ1n) is 3.43. The maximum atomic E-state index is 5.97. The van der Waals surface area contributed by atoms with Crippen LogP contribution in [0.15, 0.2) is 30.3 Å². The molecule has 0 aliphatic rings. The van der Waals surface area contributed by atoms with Gasteiger partial charge in [0.05, 0.1) is 0 Å². The van der Waals surface area contributed by atoms with Gasteiger partial charge in [-0.3, -0.25) is 0 Å². The van der Waals surface area contributed by atoms with Crippen LogP contribution in [-0.4, -0.2) is 14.5 Å². The molecule has 0 bridgehead atoms. The topological polar surface area (TPSA) is 0 Å². The van der Waals surface area contributed by atoms with Gasteiger partial charge in [-0.1, -0.05) is 0 Å². The van der Waals surface area contributed by atoms with Crippen LogP contribution in [0.5, 0.6) is 0 Å². The molecule has 1 aromatic heterocycles. The molecule has 0 atom stereocenters. The summed E-state index contributed by atoms with van der Waals surface area (Å²) in [5, 5.41) is 1.42. The van der Waals surface area contributed by atoms with Gasteiger partial charge in [-0.05, 0) is 0 Å². The van der Waals surface area contributed by atoms with Gasteiger partial charge in [-0.25, -0.2) is 0 Å². The fourth-order valence-corrected chi connectivity index (χ4v) is 11.6. The number of rotatable bonds is 1. The quantitative estimate of drug-likeness (QED) is 0.622. The molecule has 1 heterocycles. The normalized spacial score (nSPS) is 9.91. The Morgan fingerprint density at radius 3 is 2.82 bits per heavy atom. The maximum absolute atomic E-state index is 5.97. The van der Waals surface area contributed by atoms with E-state index in [2.05, 4.69) is 30.3 Å². The van der Waals surface area contributed by atoms with Crippen LogP contribution in [0.2, 0.25) is 0 Å². The van der Waals surface area contributed by atoms with E-state index in [9.17, 15) is 0 Å². The summed E-state index contributed by atoms with van der Waals surface area (Å²) >= 11 is -0.476. The van der Waals surface area contributed by atoms with Crippen LogP contribution in [0.4, 0.5) is 0 Å². The second-order valence-corrected chi connectivity index (χ2v) is 15.6. The Labute approximate surface area is 87.2 Å². The fraction of sp³-hybridized carbons (Fsp3) is 0.